The zero-order valence-electron chi connectivity index (χ0n) is 20.0. The van der Waals surface area contributed by atoms with Crippen LogP contribution in [0.2, 0.25) is 10.0 Å². The lowest BCUT2D eigenvalue weighted by molar-refractivity contribution is -0.139. The van der Waals surface area contributed by atoms with Crippen molar-refractivity contribution in [3.05, 3.63) is 63.6 Å². The highest BCUT2D eigenvalue weighted by atomic mass is 35.5. The van der Waals surface area contributed by atoms with E-state index in [9.17, 15) is 18.0 Å². The number of sulfonamides is 1. The molecule has 7 nitrogen and oxygen atoms in total. The van der Waals surface area contributed by atoms with Gasteiger partial charge in [-0.25, -0.2) is 8.42 Å². The number of hydrogen-bond donors (Lipinski definition) is 1. The van der Waals surface area contributed by atoms with E-state index in [1.165, 1.54) is 4.90 Å². The van der Waals surface area contributed by atoms with Gasteiger partial charge in [-0.05, 0) is 68.7 Å². The standard InChI is InChI=1S/C24H31Cl2N3O4S/c1-6-17(3)27-24(31)18(4)28(14-19-8-7-9-20(25)13-19)23(30)15-29(34(5,32)33)22-11-10-21(26)12-16(22)2/h7-13,17-18H,6,14-15H2,1-5H3,(H,27,31)/t17-,18+/m0/s1. The molecule has 2 atom stereocenters. The predicted molar refractivity (Wildman–Crippen MR) is 138 cm³/mol. The van der Waals surface area contributed by atoms with Crippen molar-refractivity contribution >= 4 is 50.7 Å². The maximum Gasteiger partial charge on any atom is 0.244 e. The Labute approximate surface area is 212 Å². The number of aryl methyl sites for hydroxylation is 1. The van der Waals surface area contributed by atoms with Gasteiger partial charge in [0.1, 0.15) is 12.6 Å². The summed E-state index contributed by atoms with van der Waals surface area (Å²) in [7, 11) is -3.81. The van der Waals surface area contributed by atoms with Gasteiger partial charge in [-0.1, -0.05) is 42.3 Å². The first-order chi connectivity index (χ1) is 15.8. The van der Waals surface area contributed by atoms with Gasteiger partial charge in [-0.2, -0.15) is 0 Å². The van der Waals surface area contributed by atoms with Crippen molar-refractivity contribution in [1.29, 1.82) is 0 Å². The molecule has 0 bridgehead atoms. The summed E-state index contributed by atoms with van der Waals surface area (Å²) < 4.78 is 26.3. The Morgan fingerprint density at radius 1 is 1.06 bits per heavy atom. The maximum absolute atomic E-state index is 13.5. The fourth-order valence-electron chi connectivity index (χ4n) is 3.37. The van der Waals surface area contributed by atoms with Crippen LogP contribution >= 0.6 is 23.2 Å². The average molecular weight is 529 g/mol. The van der Waals surface area contributed by atoms with E-state index in [0.717, 1.165) is 22.5 Å². The molecule has 0 heterocycles. The number of halogens is 2. The summed E-state index contributed by atoms with van der Waals surface area (Å²) in [6.07, 6.45) is 1.77. The number of rotatable bonds is 10. The Morgan fingerprint density at radius 2 is 1.71 bits per heavy atom. The van der Waals surface area contributed by atoms with E-state index in [4.69, 9.17) is 23.2 Å². The first-order valence-electron chi connectivity index (χ1n) is 10.9. The summed E-state index contributed by atoms with van der Waals surface area (Å²) in [6.45, 7) is 6.79. The highest BCUT2D eigenvalue weighted by Gasteiger charge is 2.31. The van der Waals surface area contributed by atoms with Crippen molar-refractivity contribution in [2.24, 2.45) is 0 Å². The largest absolute Gasteiger partial charge is 0.352 e. The second-order valence-electron chi connectivity index (χ2n) is 8.35. The van der Waals surface area contributed by atoms with Crippen LogP contribution in [0.5, 0.6) is 0 Å². The number of hydrogen-bond acceptors (Lipinski definition) is 4. The van der Waals surface area contributed by atoms with E-state index in [0.29, 0.717) is 21.3 Å². The molecule has 0 aromatic heterocycles. The van der Waals surface area contributed by atoms with Gasteiger partial charge < -0.3 is 10.2 Å². The summed E-state index contributed by atoms with van der Waals surface area (Å²) in [6, 6.07) is 10.8. The molecule has 0 aliphatic rings. The van der Waals surface area contributed by atoms with Gasteiger partial charge in [0.15, 0.2) is 0 Å². The van der Waals surface area contributed by atoms with Crippen LogP contribution in [-0.2, 0) is 26.2 Å². The lowest BCUT2D eigenvalue weighted by atomic mass is 10.1. The number of nitrogens with one attached hydrogen (secondary N) is 1. The number of carbonyl (C=O) groups is 2. The lowest BCUT2D eigenvalue weighted by Gasteiger charge is -2.32. The third-order valence-electron chi connectivity index (χ3n) is 5.52. The van der Waals surface area contributed by atoms with E-state index in [1.54, 1.807) is 56.3 Å². The van der Waals surface area contributed by atoms with Gasteiger partial charge in [-0.3, -0.25) is 13.9 Å². The molecule has 2 aromatic carbocycles. The van der Waals surface area contributed by atoms with Crippen molar-refractivity contribution in [3.63, 3.8) is 0 Å². The number of carbonyl (C=O) groups excluding carboxylic acids is 2. The molecule has 0 saturated heterocycles. The normalized spacial score (nSPS) is 13.1. The van der Waals surface area contributed by atoms with Crippen LogP contribution in [0.1, 0.15) is 38.3 Å². The molecular formula is C24H31Cl2N3O4S. The summed E-state index contributed by atoms with van der Waals surface area (Å²) >= 11 is 12.1. The van der Waals surface area contributed by atoms with Gasteiger partial charge in [0.25, 0.3) is 0 Å². The minimum atomic E-state index is -3.81. The molecule has 34 heavy (non-hydrogen) atoms. The highest BCUT2D eigenvalue weighted by molar-refractivity contribution is 7.92. The first kappa shape index (κ1) is 28.0. The Bertz CT molecular complexity index is 1140. The molecular weight excluding hydrogens is 497 g/mol. The van der Waals surface area contributed by atoms with Crippen LogP contribution in [0.3, 0.4) is 0 Å². The zero-order valence-corrected chi connectivity index (χ0v) is 22.3. The van der Waals surface area contributed by atoms with E-state index >= 15 is 0 Å². The Kier molecular flexibility index (Phi) is 9.79. The van der Waals surface area contributed by atoms with Crippen molar-refractivity contribution in [1.82, 2.24) is 10.2 Å². The minimum absolute atomic E-state index is 0.0673. The molecule has 10 heteroatoms. The smallest absolute Gasteiger partial charge is 0.244 e. The third-order valence-corrected chi connectivity index (χ3v) is 7.11. The molecule has 0 spiro atoms. The molecule has 0 unspecified atom stereocenters. The van der Waals surface area contributed by atoms with Gasteiger partial charge in [0, 0.05) is 22.6 Å². The third kappa shape index (κ3) is 7.61. The zero-order chi connectivity index (χ0) is 25.6. The highest BCUT2D eigenvalue weighted by Crippen LogP contribution is 2.26. The van der Waals surface area contributed by atoms with Gasteiger partial charge >= 0.3 is 0 Å². The van der Waals surface area contributed by atoms with E-state index in [2.05, 4.69) is 5.32 Å². The van der Waals surface area contributed by atoms with Gasteiger partial charge in [-0.15, -0.1) is 0 Å². The van der Waals surface area contributed by atoms with Gasteiger partial charge in [0.2, 0.25) is 21.8 Å². The van der Waals surface area contributed by atoms with Gasteiger partial charge in [0.05, 0.1) is 11.9 Å². The number of anilines is 1. The van der Waals surface area contributed by atoms with Crippen molar-refractivity contribution in [2.75, 3.05) is 17.1 Å². The SMILES string of the molecule is CC[C@H](C)NC(=O)[C@@H](C)N(Cc1cccc(Cl)c1)C(=O)CN(c1ccc(Cl)cc1C)S(C)(=O)=O. The number of amides is 2. The number of nitrogens with zero attached hydrogens (tertiary/aromatic N) is 2. The van der Waals surface area contributed by atoms with Crippen LogP contribution < -0.4 is 9.62 Å². The molecule has 2 rings (SSSR count). The molecule has 0 saturated carbocycles. The molecule has 0 aliphatic heterocycles. The summed E-state index contributed by atoms with van der Waals surface area (Å²) in [5.74, 6) is -0.843. The van der Waals surface area contributed by atoms with Crippen molar-refractivity contribution in [2.45, 2.75) is 52.7 Å². The maximum atomic E-state index is 13.5. The fraction of sp³-hybridized carbons (Fsp3) is 0.417. The first-order valence-corrected chi connectivity index (χ1v) is 13.5. The molecule has 2 amide bonds. The quantitative estimate of drug-likeness (QED) is 0.495. The molecule has 1 N–H and O–H groups in total. The van der Waals surface area contributed by atoms with E-state index < -0.39 is 28.5 Å². The summed E-state index contributed by atoms with van der Waals surface area (Å²) in [4.78, 5) is 27.8. The van der Waals surface area contributed by atoms with Crippen LogP contribution in [0.25, 0.3) is 0 Å². The summed E-state index contributed by atoms with van der Waals surface area (Å²) in [5, 5.41) is 3.84. The molecule has 0 aliphatic carbocycles. The molecule has 0 fully saturated rings. The van der Waals surface area contributed by atoms with Crippen LogP contribution in [0, 0.1) is 6.92 Å². The van der Waals surface area contributed by atoms with Crippen LogP contribution in [0.4, 0.5) is 5.69 Å². The van der Waals surface area contributed by atoms with E-state index in [-0.39, 0.29) is 18.5 Å². The van der Waals surface area contributed by atoms with Crippen LogP contribution in [0.15, 0.2) is 42.5 Å². The van der Waals surface area contributed by atoms with Crippen molar-refractivity contribution in [3.8, 4) is 0 Å². The average Bonchev–Trinajstić information content (AvgIpc) is 2.74. The molecule has 0 radical (unpaired) electrons. The predicted octanol–water partition coefficient (Wildman–Crippen LogP) is 4.40. The Morgan fingerprint density at radius 3 is 2.26 bits per heavy atom. The summed E-state index contributed by atoms with van der Waals surface area (Å²) in [5.41, 5.74) is 1.67. The van der Waals surface area contributed by atoms with Crippen LogP contribution in [-0.4, -0.2) is 50.0 Å². The minimum Gasteiger partial charge on any atom is -0.352 e. The lowest BCUT2D eigenvalue weighted by Crippen LogP contribution is -2.52. The van der Waals surface area contributed by atoms with E-state index in [1.807, 2.05) is 13.8 Å². The molecule has 186 valence electrons. The number of benzene rings is 2. The Balaban J connectivity index is 2.42. The monoisotopic (exact) mass is 527 g/mol. The molecule has 2 aromatic rings. The fourth-order valence-corrected chi connectivity index (χ4v) is 4.72. The Hall–Kier alpha value is -2.29. The van der Waals surface area contributed by atoms with Crippen molar-refractivity contribution < 1.29 is 18.0 Å². The topological polar surface area (TPSA) is 86.8 Å². The second-order valence-corrected chi connectivity index (χ2v) is 11.1. The second kappa shape index (κ2) is 11.9.